The molecule has 0 fully saturated rings. The quantitative estimate of drug-likeness (QED) is 0.910. The molecule has 0 spiro atoms. The number of rotatable bonds is 4. The second kappa shape index (κ2) is 4.92. The number of hydrogen-bond acceptors (Lipinski definition) is 3. The first-order chi connectivity index (χ1) is 8.15. The Morgan fingerprint density at radius 1 is 1.41 bits per heavy atom. The van der Waals surface area contributed by atoms with Gasteiger partial charge in [0.1, 0.15) is 5.52 Å². The molecular formula is C12H17ClN4. The molecule has 2 heterocycles. The zero-order valence-electron chi connectivity index (χ0n) is 10.2. The molecule has 2 aromatic rings. The molecule has 0 aliphatic carbocycles. The first kappa shape index (κ1) is 12.2. The van der Waals surface area contributed by atoms with Crippen LogP contribution >= 0.6 is 11.6 Å². The fourth-order valence-corrected chi connectivity index (χ4v) is 2.14. The second-order valence-electron chi connectivity index (χ2n) is 4.26. The van der Waals surface area contributed by atoms with E-state index in [-0.39, 0.29) is 0 Å². The van der Waals surface area contributed by atoms with E-state index in [0.29, 0.717) is 16.9 Å². The van der Waals surface area contributed by atoms with Gasteiger partial charge in [-0.3, -0.25) is 4.57 Å². The number of halogens is 1. The smallest absolute Gasteiger partial charge is 0.202 e. The summed E-state index contributed by atoms with van der Waals surface area (Å²) in [5.74, 6) is 1.12. The molecule has 92 valence electrons. The summed E-state index contributed by atoms with van der Waals surface area (Å²) >= 11 is 5.89. The monoisotopic (exact) mass is 252 g/mol. The molecule has 0 atom stereocenters. The maximum atomic E-state index is 5.93. The number of anilines is 1. The third-order valence-electron chi connectivity index (χ3n) is 3.18. The lowest BCUT2D eigenvalue weighted by atomic mass is 10.0. The lowest BCUT2D eigenvalue weighted by Crippen LogP contribution is -2.12. The lowest BCUT2D eigenvalue weighted by Gasteiger charge is -2.14. The van der Waals surface area contributed by atoms with Crippen molar-refractivity contribution in [2.45, 2.75) is 33.2 Å². The third kappa shape index (κ3) is 2.36. The summed E-state index contributed by atoms with van der Waals surface area (Å²) < 4.78 is 1.98. The Hall–Kier alpha value is -1.29. The Labute approximate surface area is 106 Å². The Kier molecular flexibility index (Phi) is 3.52. The SMILES string of the molecule is CCC(CC)Cn1c(N)nc2cc(Cl)cnc21. The normalized spacial score (nSPS) is 11.5. The molecule has 4 nitrogen and oxygen atoms in total. The summed E-state index contributed by atoms with van der Waals surface area (Å²) in [6, 6.07) is 1.80. The average Bonchev–Trinajstić information content (AvgIpc) is 2.61. The van der Waals surface area contributed by atoms with Crippen molar-refractivity contribution in [3.8, 4) is 0 Å². The Bertz CT molecular complexity index is 516. The number of nitrogens with two attached hydrogens (primary N) is 1. The van der Waals surface area contributed by atoms with Crippen molar-refractivity contribution in [1.82, 2.24) is 14.5 Å². The van der Waals surface area contributed by atoms with Gasteiger partial charge in [-0.15, -0.1) is 0 Å². The van der Waals surface area contributed by atoms with Crippen molar-refractivity contribution in [3.05, 3.63) is 17.3 Å². The van der Waals surface area contributed by atoms with E-state index in [0.717, 1.165) is 30.6 Å². The van der Waals surface area contributed by atoms with Crippen LogP contribution in [0, 0.1) is 5.92 Å². The Balaban J connectivity index is 2.42. The molecule has 2 aromatic heterocycles. The topological polar surface area (TPSA) is 56.7 Å². The van der Waals surface area contributed by atoms with Crippen LogP contribution in [0.5, 0.6) is 0 Å². The zero-order chi connectivity index (χ0) is 12.4. The van der Waals surface area contributed by atoms with Gasteiger partial charge in [-0.1, -0.05) is 38.3 Å². The molecular weight excluding hydrogens is 236 g/mol. The molecule has 0 unspecified atom stereocenters. The molecule has 0 saturated carbocycles. The maximum absolute atomic E-state index is 5.93. The molecule has 2 N–H and O–H groups in total. The minimum absolute atomic E-state index is 0.515. The van der Waals surface area contributed by atoms with E-state index in [4.69, 9.17) is 17.3 Å². The highest BCUT2D eigenvalue weighted by molar-refractivity contribution is 6.31. The molecule has 0 amide bonds. The van der Waals surface area contributed by atoms with E-state index >= 15 is 0 Å². The van der Waals surface area contributed by atoms with Gasteiger partial charge in [-0.05, 0) is 12.0 Å². The molecule has 5 heteroatoms. The van der Waals surface area contributed by atoms with Gasteiger partial charge in [-0.25, -0.2) is 9.97 Å². The number of nitrogen functional groups attached to an aromatic ring is 1. The van der Waals surface area contributed by atoms with E-state index in [1.165, 1.54) is 0 Å². The van der Waals surface area contributed by atoms with E-state index in [1.807, 2.05) is 4.57 Å². The molecule has 17 heavy (non-hydrogen) atoms. The number of nitrogens with zero attached hydrogens (tertiary/aromatic N) is 3. The highest BCUT2D eigenvalue weighted by Crippen LogP contribution is 2.22. The Morgan fingerprint density at radius 2 is 2.12 bits per heavy atom. The van der Waals surface area contributed by atoms with Gasteiger partial charge in [0.2, 0.25) is 5.95 Å². The summed E-state index contributed by atoms with van der Waals surface area (Å²) in [5.41, 5.74) is 7.51. The standard InChI is InChI=1S/C12H17ClN4/c1-3-8(4-2)7-17-11-10(16-12(17)14)5-9(13)6-15-11/h5-6,8H,3-4,7H2,1-2H3,(H2,14,16). The molecule has 0 bridgehead atoms. The predicted octanol–water partition coefficient (Wildman–Crippen LogP) is 3.10. The number of hydrogen-bond donors (Lipinski definition) is 1. The van der Waals surface area contributed by atoms with Crippen LogP contribution in [0.3, 0.4) is 0 Å². The third-order valence-corrected chi connectivity index (χ3v) is 3.38. The van der Waals surface area contributed by atoms with Gasteiger partial charge in [0.15, 0.2) is 5.65 Å². The zero-order valence-corrected chi connectivity index (χ0v) is 10.9. The largest absolute Gasteiger partial charge is 0.369 e. The predicted molar refractivity (Wildman–Crippen MR) is 71.0 cm³/mol. The fraction of sp³-hybridized carbons (Fsp3) is 0.500. The summed E-state index contributed by atoms with van der Waals surface area (Å²) in [6.45, 7) is 5.24. The summed E-state index contributed by atoms with van der Waals surface area (Å²) in [7, 11) is 0. The lowest BCUT2D eigenvalue weighted by molar-refractivity contribution is 0.426. The van der Waals surface area contributed by atoms with Gasteiger partial charge < -0.3 is 5.73 Å². The molecule has 0 aliphatic rings. The first-order valence-electron chi connectivity index (χ1n) is 5.93. The molecule has 0 aromatic carbocycles. The van der Waals surface area contributed by atoms with Crippen LogP contribution in [0.2, 0.25) is 5.02 Å². The number of fused-ring (bicyclic) bond motifs is 1. The first-order valence-corrected chi connectivity index (χ1v) is 6.30. The average molecular weight is 253 g/mol. The van der Waals surface area contributed by atoms with E-state index in [9.17, 15) is 0 Å². The van der Waals surface area contributed by atoms with Gasteiger partial charge in [-0.2, -0.15) is 0 Å². The minimum atomic E-state index is 0.515. The van der Waals surface area contributed by atoms with Crippen LogP contribution in [0.15, 0.2) is 12.3 Å². The summed E-state index contributed by atoms with van der Waals surface area (Å²) in [4.78, 5) is 8.60. The molecule has 0 radical (unpaired) electrons. The van der Waals surface area contributed by atoms with Crippen molar-refractivity contribution >= 4 is 28.7 Å². The number of aromatic nitrogens is 3. The van der Waals surface area contributed by atoms with Crippen molar-refractivity contribution < 1.29 is 0 Å². The van der Waals surface area contributed by atoms with Crippen LogP contribution in [-0.4, -0.2) is 14.5 Å². The Morgan fingerprint density at radius 3 is 2.76 bits per heavy atom. The summed E-state index contributed by atoms with van der Waals surface area (Å²) in [5, 5.41) is 0.588. The van der Waals surface area contributed by atoms with Crippen LogP contribution in [0.1, 0.15) is 26.7 Å². The van der Waals surface area contributed by atoms with Crippen LogP contribution in [0.25, 0.3) is 11.2 Å². The molecule has 2 rings (SSSR count). The van der Waals surface area contributed by atoms with Crippen molar-refractivity contribution in [2.75, 3.05) is 5.73 Å². The molecule has 0 saturated heterocycles. The van der Waals surface area contributed by atoms with Gasteiger partial charge in [0.05, 0.1) is 5.02 Å². The number of pyridine rings is 1. The maximum Gasteiger partial charge on any atom is 0.202 e. The van der Waals surface area contributed by atoms with Crippen molar-refractivity contribution in [2.24, 2.45) is 5.92 Å². The van der Waals surface area contributed by atoms with E-state index < -0.39 is 0 Å². The van der Waals surface area contributed by atoms with Crippen LogP contribution in [-0.2, 0) is 6.54 Å². The fourth-order valence-electron chi connectivity index (χ4n) is 1.99. The second-order valence-corrected chi connectivity index (χ2v) is 4.70. The highest BCUT2D eigenvalue weighted by atomic mass is 35.5. The highest BCUT2D eigenvalue weighted by Gasteiger charge is 2.13. The van der Waals surface area contributed by atoms with Crippen LogP contribution in [0.4, 0.5) is 5.95 Å². The van der Waals surface area contributed by atoms with Crippen molar-refractivity contribution in [1.29, 1.82) is 0 Å². The van der Waals surface area contributed by atoms with Crippen molar-refractivity contribution in [3.63, 3.8) is 0 Å². The molecule has 0 aliphatic heterocycles. The van der Waals surface area contributed by atoms with Gasteiger partial charge >= 0.3 is 0 Å². The van der Waals surface area contributed by atoms with Gasteiger partial charge in [0.25, 0.3) is 0 Å². The van der Waals surface area contributed by atoms with Gasteiger partial charge in [0, 0.05) is 12.7 Å². The van der Waals surface area contributed by atoms with E-state index in [1.54, 1.807) is 12.3 Å². The number of imidazole rings is 1. The summed E-state index contributed by atoms with van der Waals surface area (Å²) in [6.07, 6.45) is 3.89. The minimum Gasteiger partial charge on any atom is -0.369 e. The van der Waals surface area contributed by atoms with Crippen LogP contribution < -0.4 is 5.73 Å². The van der Waals surface area contributed by atoms with E-state index in [2.05, 4.69) is 23.8 Å².